The highest BCUT2D eigenvalue weighted by Crippen LogP contribution is 2.45. The number of hydrogen-bond donors (Lipinski definition) is 3. The molecule has 516 valence electrons. The average Bonchev–Trinajstić information content (AvgIpc) is 3.68. The predicted octanol–water partition coefficient (Wildman–Crippen LogP) is 18.9. The molecular formula is C68H132O17P2. The van der Waals surface area contributed by atoms with Gasteiger partial charge < -0.3 is 33.8 Å². The summed E-state index contributed by atoms with van der Waals surface area (Å²) >= 11 is 0. The Morgan fingerprint density at radius 1 is 0.322 bits per heavy atom. The van der Waals surface area contributed by atoms with Crippen LogP contribution in [0.5, 0.6) is 0 Å². The molecular weight excluding hydrogens is 1150 g/mol. The van der Waals surface area contributed by atoms with E-state index in [0.717, 1.165) is 120 Å². The molecule has 0 aliphatic heterocycles. The van der Waals surface area contributed by atoms with Gasteiger partial charge in [0.05, 0.1) is 26.4 Å². The molecule has 0 saturated heterocycles. The third-order valence-corrected chi connectivity index (χ3v) is 17.8. The van der Waals surface area contributed by atoms with Crippen molar-refractivity contribution in [1.29, 1.82) is 0 Å². The third kappa shape index (κ3) is 61.3. The van der Waals surface area contributed by atoms with E-state index < -0.39 is 97.5 Å². The highest BCUT2D eigenvalue weighted by Gasteiger charge is 2.30. The van der Waals surface area contributed by atoms with Crippen molar-refractivity contribution >= 4 is 39.5 Å². The van der Waals surface area contributed by atoms with Crippen LogP contribution in [0.15, 0.2) is 0 Å². The first-order valence-electron chi connectivity index (χ1n) is 35.2. The largest absolute Gasteiger partial charge is 0.472 e. The van der Waals surface area contributed by atoms with Gasteiger partial charge in [0.1, 0.15) is 19.3 Å². The SMILES string of the molecule is CCC(C)CCCCCCCCC(=O)OC[C@H](COP(=O)(O)OCC(O)COP(=O)(O)OC[C@@H](COC(=O)CCCCCCCCCC(C)C)OC(=O)CCCCCCCCCCCCCCC(C)C)OC(=O)CCCCCCCCCCCC(C)C. The lowest BCUT2D eigenvalue weighted by Gasteiger charge is -2.21. The molecule has 19 heteroatoms. The Bertz CT molecular complexity index is 1730. The van der Waals surface area contributed by atoms with E-state index in [1.807, 2.05) is 0 Å². The smallest absolute Gasteiger partial charge is 0.462 e. The van der Waals surface area contributed by atoms with Gasteiger partial charge in [-0.25, -0.2) is 9.13 Å². The minimum Gasteiger partial charge on any atom is -0.462 e. The number of carbonyl (C=O) groups is 4. The maximum absolute atomic E-state index is 13.0. The standard InChI is InChI=1S/C68H132O17P2/c1-9-61(8)47-39-31-26-27-33-41-49-66(71)79-55-64(85-68(73)51-43-35-24-18-14-16-21-29-37-45-59(4)5)57-83-87(76,77)81-53-62(69)52-80-86(74,75)82-56-63(54-78-65(70)48-40-32-25-19-22-30-38-46-60(6)7)84-67(72)50-42-34-23-17-13-11-10-12-15-20-28-36-44-58(2)3/h58-64,69H,9-57H2,1-8H3,(H,74,75)(H,76,77)/t61?,62?,63-,64-/m1/s1. The van der Waals surface area contributed by atoms with Crippen molar-refractivity contribution in [2.24, 2.45) is 23.7 Å². The van der Waals surface area contributed by atoms with Crippen molar-refractivity contribution in [3.63, 3.8) is 0 Å². The van der Waals surface area contributed by atoms with Gasteiger partial charge in [-0.05, 0) is 49.4 Å². The number of carbonyl (C=O) groups excluding carboxylic acids is 4. The summed E-state index contributed by atoms with van der Waals surface area (Å²) in [6.07, 6.45) is 39.0. The van der Waals surface area contributed by atoms with Crippen LogP contribution >= 0.6 is 15.6 Å². The topological polar surface area (TPSA) is 237 Å². The summed E-state index contributed by atoms with van der Waals surface area (Å²) in [5, 5.41) is 10.6. The summed E-state index contributed by atoms with van der Waals surface area (Å²) < 4.78 is 68.2. The van der Waals surface area contributed by atoms with Crippen LogP contribution in [0.3, 0.4) is 0 Å². The summed E-state index contributed by atoms with van der Waals surface area (Å²) in [6, 6.07) is 0. The van der Waals surface area contributed by atoms with Gasteiger partial charge in [0.15, 0.2) is 12.2 Å². The number of aliphatic hydroxyl groups excluding tert-OH is 1. The summed E-state index contributed by atoms with van der Waals surface area (Å²) in [6.45, 7) is 14.0. The minimum absolute atomic E-state index is 0.104. The molecule has 0 radical (unpaired) electrons. The molecule has 0 amide bonds. The molecule has 0 saturated carbocycles. The van der Waals surface area contributed by atoms with Crippen LogP contribution in [0.4, 0.5) is 0 Å². The number of aliphatic hydroxyl groups is 1. The Morgan fingerprint density at radius 2 is 0.552 bits per heavy atom. The molecule has 17 nitrogen and oxygen atoms in total. The summed E-state index contributed by atoms with van der Waals surface area (Å²) in [7, 11) is -9.90. The number of unbranched alkanes of at least 4 members (excludes halogenated alkanes) is 30. The number of phosphoric ester groups is 2. The monoisotopic (exact) mass is 1280 g/mol. The fraction of sp³-hybridized carbons (Fsp3) is 0.941. The van der Waals surface area contributed by atoms with Crippen molar-refractivity contribution in [1.82, 2.24) is 0 Å². The van der Waals surface area contributed by atoms with E-state index in [1.54, 1.807) is 0 Å². The number of rotatable bonds is 65. The summed E-state index contributed by atoms with van der Waals surface area (Å²) in [5.41, 5.74) is 0. The lowest BCUT2D eigenvalue weighted by atomic mass is 10.00. The van der Waals surface area contributed by atoms with Crippen LogP contribution in [-0.2, 0) is 65.4 Å². The Kier molecular flexibility index (Phi) is 56.6. The summed E-state index contributed by atoms with van der Waals surface area (Å²) in [5.74, 6) is 0.815. The van der Waals surface area contributed by atoms with E-state index in [2.05, 4.69) is 55.4 Å². The third-order valence-electron chi connectivity index (χ3n) is 15.9. The molecule has 0 aromatic carbocycles. The van der Waals surface area contributed by atoms with E-state index in [9.17, 15) is 43.2 Å². The molecule has 4 unspecified atom stereocenters. The van der Waals surface area contributed by atoms with Crippen LogP contribution in [-0.4, -0.2) is 96.7 Å². The first-order chi connectivity index (χ1) is 41.6. The lowest BCUT2D eigenvalue weighted by molar-refractivity contribution is -0.161. The van der Waals surface area contributed by atoms with Crippen molar-refractivity contribution in [2.75, 3.05) is 39.6 Å². The van der Waals surface area contributed by atoms with Crippen molar-refractivity contribution < 1.29 is 80.2 Å². The predicted molar refractivity (Wildman–Crippen MR) is 349 cm³/mol. The van der Waals surface area contributed by atoms with Crippen LogP contribution in [0, 0.1) is 23.7 Å². The summed E-state index contributed by atoms with van der Waals surface area (Å²) in [4.78, 5) is 72.4. The average molecular weight is 1280 g/mol. The van der Waals surface area contributed by atoms with Crippen molar-refractivity contribution in [2.45, 2.75) is 350 Å². The maximum Gasteiger partial charge on any atom is 0.472 e. The zero-order valence-electron chi connectivity index (χ0n) is 56.6. The molecule has 6 atom stereocenters. The fourth-order valence-electron chi connectivity index (χ4n) is 10.1. The van der Waals surface area contributed by atoms with Crippen molar-refractivity contribution in [3.8, 4) is 0 Å². The normalized spacial score (nSPS) is 14.6. The second kappa shape index (κ2) is 57.9. The first-order valence-corrected chi connectivity index (χ1v) is 38.2. The van der Waals surface area contributed by atoms with Crippen molar-refractivity contribution in [3.05, 3.63) is 0 Å². The van der Waals surface area contributed by atoms with Gasteiger partial charge in [-0.1, -0.05) is 280 Å². The molecule has 0 bridgehead atoms. The molecule has 0 aliphatic carbocycles. The highest BCUT2D eigenvalue weighted by atomic mass is 31.2. The lowest BCUT2D eigenvalue weighted by Crippen LogP contribution is -2.30. The van der Waals surface area contributed by atoms with Gasteiger partial charge >= 0.3 is 39.5 Å². The number of hydrogen-bond acceptors (Lipinski definition) is 15. The van der Waals surface area contributed by atoms with Crippen LogP contribution < -0.4 is 0 Å². The highest BCUT2D eigenvalue weighted by molar-refractivity contribution is 7.47. The zero-order chi connectivity index (χ0) is 64.7. The molecule has 0 aromatic heterocycles. The van der Waals surface area contributed by atoms with E-state index in [1.165, 1.54) is 122 Å². The van der Waals surface area contributed by atoms with Gasteiger partial charge in [-0.15, -0.1) is 0 Å². The molecule has 0 aliphatic rings. The van der Waals surface area contributed by atoms with Gasteiger partial charge in [-0.3, -0.25) is 37.3 Å². The van der Waals surface area contributed by atoms with Gasteiger partial charge in [0.2, 0.25) is 0 Å². The van der Waals surface area contributed by atoms with E-state index in [4.69, 9.17) is 37.0 Å². The van der Waals surface area contributed by atoms with Gasteiger partial charge in [-0.2, -0.15) is 0 Å². The second-order valence-corrected chi connectivity index (χ2v) is 29.1. The number of phosphoric acid groups is 2. The van der Waals surface area contributed by atoms with E-state index in [0.29, 0.717) is 31.6 Å². The number of ether oxygens (including phenoxy) is 4. The zero-order valence-corrected chi connectivity index (χ0v) is 58.4. The van der Waals surface area contributed by atoms with E-state index >= 15 is 0 Å². The number of esters is 4. The quantitative estimate of drug-likeness (QED) is 0.0222. The van der Waals surface area contributed by atoms with Crippen LogP contribution in [0.2, 0.25) is 0 Å². The van der Waals surface area contributed by atoms with E-state index in [-0.39, 0.29) is 25.7 Å². The molecule has 0 aromatic rings. The second-order valence-electron chi connectivity index (χ2n) is 26.2. The van der Waals surface area contributed by atoms with Crippen LogP contribution in [0.25, 0.3) is 0 Å². The van der Waals surface area contributed by atoms with Crippen LogP contribution in [0.1, 0.15) is 331 Å². The molecule has 0 rings (SSSR count). The molecule has 0 heterocycles. The maximum atomic E-state index is 13.0. The molecule has 3 N–H and O–H groups in total. The Balaban J connectivity index is 5.25. The van der Waals surface area contributed by atoms with Gasteiger partial charge in [0, 0.05) is 25.7 Å². The Hall–Kier alpha value is -1.94. The van der Waals surface area contributed by atoms with Gasteiger partial charge in [0.25, 0.3) is 0 Å². The molecule has 0 fully saturated rings. The minimum atomic E-state index is -4.95. The Morgan fingerprint density at radius 3 is 0.816 bits per heavy atom. The molecule has 0 spiro atoms. The fourth-order valence-corrected chi connectivity index (χ4v) is 11.7. The molecule has 87 heavy (non-hydrogen) atoms. The first kappa shape index (κ1) is 85.1. The Labute approximate surface area is 530 Å².